The number of guanidine groups is 1. The van der Waals surface area contributed by atoms with Gasteiger partial charge in [-0.3, -0.25) is 4.99 Å². The van der Waals surface area contributed by atoms with Crippen molar-refractivity contribution in [1.29, 1.82) is 0 Å². The molecule has 24 heavy (non-hydrogen) atoms. The lowest BCUT2D eigenvalue weighted by Crippen LogP contribution is -2.44. The molecule has 1 unspecified atom stereocenters. The molecule has 0 aromatic heterocycles. The third-order valence-corrected chi connectivity index (χ3v) is 4.33. The molecule has 0 amide bonds. The molecule has 2 fully saturated rings. The van der Waals surface area contributed by atoms with Crippen LogP contribution in [0.5, 0.6) is 0 Å². The van der Waals surface area contributed by atoms with Gasteiger partial charge in [0, 0.05) is 32.2 Å². The van der Waals surface area contributed by atoms with Crippen LogP contribution < -0.4 is 15.5 Å². The average molecular weight is 450 g/mol. The molecule has 7 heteroatoms. The fourth-order valence-corrected chi connectivity index (χ4v) is 2.91. The van der Waals surface area contributed by atoms with Crippen molar-refractivity contribution in [3.8, 4) is 0 Å². The summed E-state index contributed by atoms with van der Waals surface area (Å²) < 4.78 is 27.8. The van der Waals surface area contributed by atoms with Crippen LogP contribution >= 0.6 is 24.0 Å². The number of hydrogen-bond acceptors (Lipinski definition) is 2. The van der Waals surface area contributed by atoms with Gasteiger partial charge in [-0.05, 0) is 44.2 Å². The standard InChI is InChI=1S/C17H24F2N4.HI/c1-2-20-17(21-10-12-6-7-12)22-13-8-9-23(11-13)16-14(18)4-3-5-15(16)19;/h3-5,12-13H,2,6-11H2,1H3,(H2,20,21,22);1H. The summed E-state index contributed by atoms with van der Waals surface area (Å²) in [6.07, 6.45) is 3.38. The van der Waals surface area contributed by atoms with Gasteiger partial charge in [-0.25, -0.2) is 8.78 Å². The third kappa shape index (κ3) is 4.94. The van der Waals surface area contributed by atoms with Gasteiger partial charge in [0.2, 0.25) is 0 Å². The van der Waals surface area contributed by atoms with E-state index in [9.17, 15) is 8.78 Å². The predicted octanol–water partition coefficient (Wildman–Crippen LogP) is 3.13. The van der Waals surface area contributed by atoms with Crippen LogP contribution in [0, 0.1) is 17.6 Å². The van der Waals surface area contributed by atoms with E-state index in [4.69, 9.17) is 0 Å². The molecular formula is C17H25F2IN4. The minimum absolute atomic E-state index is 0. The van der Waals surface area contributed by atoms with Gasteiger partial charge in [0.15, 0.2) is 5.96 Å². The summed E-state index contributed by atoms with van der Waals surface area (Å²) in [5.41, 5.74) is 0.0803. The molecule has 1 aliphatic heterocycles. The van der Waals surface area contributed by atoms with Crippen LogP contribution in [0.3, 0.4) is 0 Å². The maximum absolute atomic E-state index is 13.9. The first-order valence-corrected chi connectivity index (χ1v) is 8.41. The van der Waals surface area contributed by atoms with Gasteiger partial charge < -0.3 is 15.5 Å². The SMILES string of the molecule is CCNC(=NCC1CC1)NC1CCN(c2c(F)cccc2F)C1.I. The fraction of sp³-hybridized carbons (Fsp3) is 0.588. The summed E-state index contributed by atoms with van der Waals surface area (Å²) in [5, 5.41) is 6.63. The number of para-hydroxylation sites is 1. The second-order valence-electron chi connectivity index (χ2n) is 6.31. The Morgan fingerprint density at radius 1 is 1.25 bits per heavy atom. The van der Waals surface area contributed by atoms with Crippen LogP contribution in [0.2, 0.25) is 0 Å². The highest BCUT2D eigenvalue weighted by Gasteiger charge is 2.27. The van der Waals surface area contributed by atoms with Crippen molar-refractivity contribution in [1.82, 2.24) is 10.6 Å². The lowest BCUT2D eigenvalue weighted by Gasteiger charge is -2.21. The van der Waals surface area contributed by atoms with Crippen LogP contribution in [0.15, 0.2) is 23.2 Å². The van der Waals surface area contributed by atoms with Gasteiger partial charge >= 0.3 is 0 Å². The summed E-state index contributed by atoms with van der Waals surface area (Å²) in [6, 6.07) is 4.15. The topological polar surface area (TPSA) is 39.7 Å². The number of nitrogens with one attached hydrogen (secondary N) is 2. The molecule has 1 aromatic carbocycles. The molecule has 1 heterocycles. The number of hydrogen-bond donors (Lipinski definition) is 2. The predicted molar refractivity (Wildman–Crippen MR) is 104 cm³/mol. The molecule has 0 spiro atoms. The number of aliphatic imine (C=N–C) groups is 1. The van der Waals surface area contributed by atoms with E-state index in [1.54, 1.807) is 4.90 Å². The van der Waals surface area contributed by atoms with Crippen molar-refractivity contribution < 1.29 is 8.78 Å². The number of nitrogens with zero attached hydrogens (tertiary/aromatic N) is 2. The Labute approximate surface area is 159 Å². The van der Waals surface area contributed by atoms with Crippen LogP contribution in [0.25, 0.3) is 0 Å². The minimum atomic E-state index is -0.500. The summed E-state index contributed by atoms with van der Waals surface area (Å²) in [6.45, 7) is 4.90. The van der Waals surface area contributed by atoms with E-state index in [1.165, 1.54) is 31.0 Å². The molecular weight excluding hydrogens is 425 g/mol. The Hall–Kier alpha value is -1.12. The molecule has 2 N–H and O–H groups in total. The number of anilines is 1. The largest absolute Gasteiger partial charge is 0.365 e. The van der Waals surface area contributed by atoms with E-state index in [1.807, 2.05) is 6.92 Å². The zero-order chi connectivity index (χ0) is 16.2. The Balaban J connectivity index is 0.00000208. The van der Waals surface area contributed by atoms with E-state index >= 15 is 0 Å². The van der Waals surface area contributed by atoms with Gasteiger partial charge in [0.25, 0.3) is 0 Å². The first-order valence-electron chi connectivity index (χ1n) is 8.41. The molecule has 0 radical (unpaired) electrons. The molecule has 1 aromatic rings. The van der Waals surface area contributed by atoms with Crippen molar-refractivity contribution in [2.24, 2.45) is 10.9 Å². The van der Waals surface area contributed by atoms with E-state index in [2.05, 4.69) is 15.6 Å². The zero-order valence-corrected chi connectivity index (χ0v) is 16.2. The minimum Gasteiger partial charge on any atom is -0.365 e. The maximum atomic E-state index is 13.9. The van der Waals surface area contributed by atoms with Crippen molar-refractivity contribution in [2.75, 3.05) is 31.1 Å². The second kappa shape index (κ2) is 8.82. The maximum Gasteiger partial charge on any atom is 0.191 e. The summed E-state index contributed by atoms with van der Waals surface area (Å²) in [4.78, 5) is 6.37. The average Bonchev–Trinajstić information content (AvgIpc) is 3.24. The van der Waals surface area contributed by atoms with Gasteiger partial charge in [-0.2, -0.15) is 0 Å². The lowest BCUT2D eigenvalue weighted by atomic mass is 10.2. The monoisotopic (exact) mass is 450 g/mol. The molecule has 3 rings (SSSR count). The normalized spacial score (nSPS) is 20.7. The van der Waals surface area contributed by atoms with E-state index in [-0.39, 0.29) is 35.7 Å². The summed E-state index contributed by atoms with van der Waals surface area (Å²) in [5.74, 6) is 0.540. The summed E-state index contributed by atoms with van der Waals surface area (Å²) in [7, 11) is 0. The highest BCUT2D eigenvalue weighted by molar-refractivity contribution is 14.0. The van der Waals surface area contributed by atoms with E-state index in [0.29, 0.717) is 13.1 Å². The van der Waals surface area contributed by atoms with Gasteiger partial charge in [0.05, 0.1) is 0 Å². The number of halogens is 3. The van der Waals surface area contributed by atoms with Gasteiger partial charge in [-0.15, -0.1) is 24.0 Å². The molecule has 2 aliphatic rings. The van der Waals surface area contributed by atoms with E-state index in [0.717, 1.165) is 31.4 Å². The van der Waals surface area contributed by atoms with Crippen molar-refractivity contribution in [3.63, 3.8) is 0 Å². The quantitative estimate of drug-likeness (QED) is 0.412. The lowest BCUT2D eigenvalue weighted by molar-refractivity contribution is 0.576. The molecule has 1 aliphatic carbocycles. The molecule has 0 bridgehead atoms. The van der Waals surface area contributed by atoms with Crippen LogP contribution in [0.1, 0.15) is 26.2 Å². The zero-order valence-electron chi connectivity index (χ0n) is 13.9. The summed E-state index contributed by atoms with van der Waals surface area (Å²) >= 11 is 0. The third-order valence-electron chi connectivity index (χ3n) is 4.33. The fourth-order valence-electron chi connectivity index (χ4n) is 2.91. The van der Waals surface area contributed by atoms with Crippen molar-refractivity contribution in [2.45, 2.75) is 32.2 Å². The number of rotatable bonds is 5. The molecule has 1 saturated heterocycles. The Bertz CT molecular complexity index is 557. The first-order chi connectivity index (χ1) is 11.2. The van der Waals surface area contributed by atoms with Crippen molar-refractivity contribution >= 4 is 35.6 Å². The van der Waals surface area contributed by atoms with Crippen LogP contribution in [-0.2, 0) is 0 Å². The van der Waals surface area contributed by atoms with Gasteiger partial charge in [0.1, 0.15) is 17.3 Å². The van der Waals surface area contributed by atoms with Crippen LogP contribution in [-0.4, -0.2) is 38.2 Å². The highest BCUT2D eigenvalue weighted by atomic mass is 127. The number of benzene rings is 1. The first kappa shape index (κ1) is 19.2. The smallest absolute Gasteiger partial charge is 0.191 e. The molecule has 4 nitrogen and oxygen atoms in total. The Morgan fingerprint density at radius 3 is 2.58 bits per heavy atom. The van der Waals surface area contributed by atoms with Gasteiger partial charge in [-0.1, -0.05) is 6.07 Å². The second-order valence-corrected chi connectivity index (χ2v) is 6.31. The molecule has 134 valence electrons. The molecule has 1 saturated carbocycles. The van der Waals surface area contributed by atoms with Crippen molar-refractivity contribution in [3.05, 3.63) is 29.8 Å². The van der Waals surface area contributed by atoms with Crippen LogP contribution in [0.4, 0.5) is 14.5 Å². The highest BCUT2D eigenvalue weighted by Crippen LogP contribution is 2.29. The molecule has 1 atom stereocenters. The Kier molecular flexibility index (Phi) is 7.06. The van der Waals surface area contributed by atoms with E-state index < -0.39 is 11.6 Å². The Morgan fingerprint density at radius 2 is 1.96 bits per heavy atom.